The van der Waals surface area contributed by atoms with Crippen LogP contribution in [-0.2, 0) is 66.7 Å². The molecule has 0 saturated carbocycles. The SMILES string of the molecule is C/C(=C\c1cc(F)cc(N2CCN(S(=O)(=O)c3cn(C)cn3)CC2)c1)[C@H]1OC(=O)C[C@H](O)CC[C@H](C)[C@@H](OC(=O)N2CCN(C(=O)OCc3ccc(NC(=O)[C@H](CCCNC(N)=O)NC(=O)[C@@H](NC(=O)CCCCCN4C(=O)C=CC4=O)C(C)C)cc3)CC2)/C=C/[C@@H]1C. The molecule has 0 spiro atoms. The number of unbranched alkanes of at least 4 members (excludes halogenated alkanes) is 2. The van der Waals surface area contributed by atoms with Crippen LogP contribution in [0.2, 0.25) is 0 Å². The lowest BCUT2D eigenvalue weighted by atomic mass is 9.91. The van der Waals surface area contributed by atoms with Crippen LogP contribution in [0.15, 0.2) is 89.9 Å². The number of anilines is 2. The number of rotatable bonds is 24. The van der Waals surface area contributed by atoms with Crippen LogP contribution in [0.25, 0.3) is 6.08 Å². The molecule has 2 saturated heterocycles. The first-order chi connectivity index (χ1) is 44.2. The summed E-state index contributed by atoms with van der Waals surface area (Å²) in [6, 6.07) is 8.17. The summed E-state index contributed by atoms with van der Waals surface area (Å²) in [6.07, 6.45) is 8.99. The van der Waals surface area contributed by atoms with Crippen LogP contribution in [0, 0.1) is 23.6 Å². The van der Waals surface area contributed by atoms with Crippen LogP contribution in [0.3, 0.4) is 0 Å². The number of carbonyl (C=O) groups is 9. The number of imidazole rings is 1. The fourth-order valence-corrected chi connectivity index (χ4v) is 12.5. The molecule has 9 amide bonds. The van der Waals surface area contributed by atoms with E-state index in [-0.39, 0.29) is 126 Å². The average molecular weight is 1320 g/mol. The van der Waals surface area contributed by atoms with Gasteiger partial charge in [0.15, 0.2) is 5.03 Å². The predicted molar refractivity (Wildman–Crippen MR) is 340 cm³/mol. The topological polar surface area (TPSA) is 344 Å². The van der Waals surface area contributed by atoms with Crippen LogP contribution >= 0.6 is 0 Å². The van der Waals surface area contributed by atoms with Gasteiger partial charge in [-0.1, -0.05) is 58.4 Å². The van der Waals surface area contributed by atoms with Gasteiger partial charge in [0.05, 0.1) is 18.9 Å². The molecule has 7 atom stereocenters. The number of carbonyl (C=O) groups excluding carboxylic acids is 9. The number of amides is 9. The van der Waals surface area contributed by atoms with Gasteiger partial charge in [-0.3, -0.25) is 33.7 Å². The van der Waals surface area contributed by atoms with Crippen LogP contribution in [-0.4, -0.2) is 192 Å². The highest BCUT2D eigenvalue weighted by Gasteiger charge is 2.34. The van der Waals surface area contributed by atoms with E-state index in [4.69, 9.17) is 19.9 Å². The normalized spacial score (nSPS) is 21.2. The van der Waals surface area contributed by atoms with Crippen molar-refractivity contribution in [2.45, 2.75) is 134 Å². The minimum absolute atomic E-state index is 0.0441. The summed E-state index contributed by atoms with van der Waals surface area (Å²) in [7, 11) is -2.12. The summed E-state index contributed by atoms with van der Waals surface area (Å²) < 4.78 is 62.4. The van der Waals surface area contributed by atoms with Crippen molar-refractivity contribution in [1.29, 1.82) is 0 Å². The molecule has 0 unspecified atom stereocenters. The van der Waals surface area contributed by atoms with Crippen molar-refractivity contribution in [2.24, 2.45) is 30.5 Å². The number of benzene rings is 2. The summed E-state index contributed by atoms with van der Waals surface area (Å²) in [5.74, 6) is -4.57. The third kappa shape index (κ3) is 21.2. The highest BCUT2D eigenvalue weighted by atomic mass is 32.2. The molecule has 0 radical (unpaired) electrons. The minimum Gasteiger partial charge on any atom is -0.457 e. The van der Waals surface area contributed by atoms with E-state index in [1.807, 2.05) is 18.7 Å². The quantitative estimate of drug-likeness (QED) is 0.0232. The number of nitrogens with one attached hydrogen (secondary N) is 4. The van der Waals surface area contributed by atoms with Crippen molar-refractivity contribution in [3.63, 3.8) is 0 Å². The van der Waals surface area contributed by atoms with Gasteiger partial charge in [0, 0.05) is 115 Å². The Bertz CT molecular complexity index is 3340. The molecule has 0 aliphatic carbocycles. The Morgan fingerprint density at radius 1 is 0.849 bits per heavy atom. The standard InChI is InChI=1S/C64H87FN12O15S/c1-41(2)58(71-53(79)12-8-7-9-24-77-55(80)21-22-56(77)81)61(84)70-51(11-10-23-67-62(66)85)60(83)69-48-17-15-45(16-18-48)39-90-63(86)74-25-27-75(28-26-74)64(87)91-52-20-14-43(4)59(92-57(82)37-50(78)19-13-42(52)3)44(5)33-46-34-47(65)36-49(35-46)73-29-31-76(32-30-73)93(88,89)54-38-72(6)40-68-54/h14-18,20-22,33-36,38,40-43,50-52,58-59,78H,7-13,19,23-32,37,39H2,1-6H3,(H,69,83)(H,70,84)(H,71,79)(H3,66,67,85)/b20-14+,44-33+/t42-,43-,50+,51-,52-,58-,59-/m0/s1. The summed E-state index contributed by atoms with van der Waals surface area (Å²) in [5, 5.41) is 21.7. The largest absolute Gasteiger partial charge is 0.457 e. The number of imide groups is 1. The molecule has 7 N–H and O–H groups in total. The number of ether oxygens (including phenoxy) is 3. The molecule has 7 rings (SSSR count). The number of hydrogen-bond acceptors (Lipinski definition) is 17. The molecule has 2 fully saturated rings. The van der Waals surface area contributed by atoms with Crippen LogP contribution in [0.1, 0.15) is 104 Å². The Kier molecular flexibility index (Phi) is 26.0. The zero-order valence-electron chi connectivity index (χ0n) is 53.5. The molecule has 1 aromatic heterocycles. The Hall–Kier alpha value is -8.70. The third-order valence-electron chi connectivity index (χ3n) is 16.6. The number of aryl methyl sites for hydroxylation is 1. The zero-order valence-corrected chi connectivity index (χ0v) is 54.3. The maximum absolute atomic E-state index is 15.3. The molecule has 27 nitrogen and oxygen atoms in total. The fourth-order valence-electron chi connectivity index (χ4n) is 11.1. The number of aromatic nitrogens is 2. The second-order valence-corrected chi connectivity index (χ2v) is 26.2. The lowest BCUT2D eigenvalue weighted by Crippen LogP contribution is -2.54. The Balaban J connectivity index is 0.884. The number of halogens is 1. The second-order valence-electron chi connectivity index (χ2n) is 24.3. The molecule has 93 heavy (non-hydrogen) atoms. The van der Waals surface area contributed by atoms with Gasteiger partial charge in [-0.2, -0.15) is 4.31 Å². The van der Waals surface area contributed by atoms with E-state index in [0.717, 1.165) is 4.90 Å². The molecule has 3 aromatic rings. The Morgan fingerprint density at radius 2 is 1.53 bits per heavy atom. The number of nitrogens with two attached hydrogens (primary N) is 1. The van der Waals surface area contributed by atoms with E-state index >= 15 is 4.39 Å². The second kappa shape index (κ2) is 33.7. The summed E-state index contributed by atoms with van der Waals surface area (Å²) in [6.45, 7) is 10.7. The first kappa shape index (κ1) is 71.7. The molecule has 5 heterocycles. The summed E-state index contributed by atoms with van der Waals surface area (Å²) >= 11 is 0. The molecular weight excluding hydrogens is 1230 g/mol. The molecule has 4 aliphatic rings. The lowest BCUT2D eigenvalue weighted by molar-refractivity contribution is -0.151. The van der Waals surface area contributed by atoms with Crippen molar-refractivity contribution < 1.29 is 75.3 Å². The zero-order chi connectivity index (χ0) is 67.5. The Morgan fingerprint density at radius 3 is 2.17 bits per heavy atom. The molecule has 0 bridgehead atoms. The first-order valence-corrected chi connectivity index (χ1v) is 32.9. The van der Waals surface area contributed by atoms with E-state index in [0.29, 0.717) is 66.8 Å². The molecule has 506 valence electrons. The monoisotopic (exact) mass is 1310 g/mol. The fraction of sp³-hybridized carbons (Fsp3) is 0.531. The number of piperazine rings is 2. The molecule has 4 aliphatic heterocycles. The number of nitrogens with zero attached hydrogens (tertiary/aromatic N) is 7. The van der Waals surface area contributed by atoms with Gasteiger partial charge >= 0.3 is 24.2 Å². The van der Waals surface area contributed by atoms with E-state index in [1.54, 1.807) is 80.9 Å². The number of aliphatic hydroxyl groups is 1. The van der Waals surface area contributed by atoms with Crippen LogP contribution < -0.4 is 31.9 Å². The molecule has 2 aromatic carbocycles. The van der Waals surface area contributed by atoms with E-state index < -0.39 is 88.2 Å². The third-order valence-corrected chi connectivity index (χ3v) is 18.4. The van der Waals surface area contributed by atoms with Gasteiger partial charge in [-0.05, 0) is 110 Å². The van der Waals surface area contributed by atoms with E-state index in [2.05, 4.69) is 26.3 Å². The van der Waals surface area contributed by atoms with Crippen molar-refractivity contribution in [3.8, 4) is 0 Å². The van der Waals surface area contributed by atoms with E-state index in [9.17, 15) is 56.7 Å². The maximum atomic E-state index is 15.3. The van der Waals surface area contributed by atoms with Gasteiger partial charge in [0.2, 0.25) is 17.7 Å². The van der Waals surface area contributed by atoms with Crippen LogP contribution in [0.4, 0.5) is 30.1 Å². The van der Waals surface area contributed by atoms with Gasteiger partial charge in [0.1, 0.15) is 36.7 Å². The van der Waals surface area contributed by atoms with E-state index in [1.165, 1.54) is 50.9 Å². The lowest BCUT2D eigenvalue weighted by Gasteiger charge is -2.35. The number of esters is 1. The Labute approximate surface area is 541 Å². The van der Waals surface area contributed by atoms with Crippen molar-refractivity contribution >= 4 is 81.2 Å². The van der Waals surface area contributed by atoms with Gasteiger partial charge in [-0.15, -0.1) is 0 Å². The number of cyclic esters (lactones) is 1. The smallest absolute Gasteiger partial charge is 0.410 e. The number of aliphatic hydroxyl groups excluding tert-OH is 1. The summed E-state index contributed by atoms with van der Waals surface area (Å²) in [4.78, 5) is 126. The number of primary amides is 1. The van der Waals surface area contributed by atoms with Crippen LogP contribution in [0.5, 0.6) is 0 Å². The number of hydrogen-bond donors (Lipinski definition) is 6. The number of urea groups is 1. The maximum Gasteiger partial charge on any atom is 0.410 e. The first-order valence-electron chi connectivity index (χ1n) is 31.5. The minimum atomic E-state index is -3.81. The average Bonchev–Trinajstić information content (AvgIpc) is 1.84. The van der Waals surface area contributed by atoms with Crippen molar-refractivity contribution in [3.05, 3.63) is 102 Å². The van der Waals surface area contributed by atoms with Gasteiger partial charge in [0.25, 0.3) is 21.8 Å². The van der Waals surface area contributed by atoms with Gasteiger partial charge < -0.3 is 65.6 Å². The highest BCUT2D eigenvalue weighted by Crippen LogP contribution is 2.29. The molecule has 29 heteroatoms. The van der Waals surface area contributed by atoms with Crippen molar-refractivity contribution in [2.75, 3.05) is 75.7 Å². The number of sulfonamides is 1. The van der Waals surface area contributed by atoms with Crippen molar-refractivity contribution in [1.82, 2.24) is 44.5 Å². The van der Waals surface area contributed by atoms with Gasteiger partial charge in [-0.25, -0.2) is 32.2 Å². The molecular formula is C64H87FN12O15S. The highest BCUT2D eigenvalue weighted by molar-refractivity contribution is 7.89. The summed E-state index contributed by atoms with van der Waals surface area (Å²) in [5.41, 5.74) is 7.78. The predicted octanol–water partition coefficient (Wildman–Crippen LogP) is 4.72.